The van der Waals surface area contributed by atoms with E-state index in [1.165, 1.54) is 0 Å². The number of ether oxygens (including phenoxy) is 2. The van der Waals surface area contributed by atoms with E-state index in [1.807, 2.05) is 38.1 Å². The summed E-state index contributed by atoms with van der Waals surface area (Å²) in [5.74, 6) is 0.931. The number of alkyl halides is 1. The van der Waals surface area contributed by atoms with Crippen LogP contribution in [0.1, 0.15) is 18.9 Å². The second-order valence-electron chi connectivity index (χ2n) is 4.09. The predicted octanol–water partition coefficient (Wildman–Crippen LogP) is 3.16. The zero-order chi connectivity index (χ0) is 11.5. The molecule has 2 nitrogen and oxygen atoms in total. The van der Waals surface area contributed by atoms with E-state index in [-0.39, 0.29) is 17.6 Å². The van der Waals surface area contributed by atoms with Crippen molar-refractivity contribution in [3.63, 3.8) is 0 Å². The topological polar surface area (TPSA) is 18.5 Å². The average molecular weight is 241 g/mol. The lowest BCUT2D eigenvalue weighted by Gasteiger charge is -2.40. The molecule has 0 aromatic heterocycles. The van der Waals surface area contributed by atoms with Crippen molar-refractivity contribution in [2.75, 3.05) is 6.61 Å². The van der Waals surface area contributed by atoms with Crippen molar-refractivity contribution in [1.82, 2.24) is 0 Å². The van der Waals surface area contributed by atoms with Gasteiger partial charge >= 0.3 is 0 Å². The molecule has 2 rings (SSSR count). The van der Waals surface area contributed by atoms with Crippen LogP contribution in [0.4, 0.5) is 0 Å². The number of hydrogen-bond acceptors (Lipinski definition) is 2. The van der Waals surface area contributed by atoms with Crippen molar-refractivity contribution < 1.29 is 9.47 Å². The lowest BCUT2D eigenvalue weighted by Crippen LogP contribution is -2.52. The van der Waals surface area contributed by atoms with Crippen LogP contribution < -0.4 is 4.74 Å². The van der Waals surface area contributed by atoms with Crippen LogP contribution in [0.15, 0.2) is 24.3 Å². The van der Waals surface area contributed by atoms with Gasteiger partial charge in [0.15, 0.2) is 0 Å². The highest BCUT2D eigenvalue weighted by Crippen LogP contribution is 2.33. The Kier molecular flexibility index (Phi) is 3.72. The molecule has 1 saturated carbocycles. The molecule has 0 heterocycles. The maximum absolute atomic E-state index is 6.09. The summed E-state index contributed by atoms with van der Waals surface area (Å²) >= 11 is 6.09. The third kappa shape index (κ3) is 2.33. The first-order valence-electron chi connectivity index (χ1n) is 5.70. The summed E-state index contributed by atoms with van der Waals surface area (Å²) in [6, 6.07) is 8.02. The predicted molar refractivity (Wildman–Crippen MR) is 65.3 cm³/mol. The minimum Gasteiger partial charge on any atom is -0.487 e. The summed E-state index contributed by atoms with van der Waals surface area (Å²) in [5, 5.41) is 0.0916. The highest BCUT2D eigenvalue weighted by molar-refractivity contribution is 6.21. The molecule has 1 fully saturated rings. The molecule has 3 unspecified atom stereocenters. The smallest absolute Gasteiger partial charge is 0.128 e. The fourth-order valence-electron chi connectivity index (χ4n) is 1.90. The van der Waals surface area contributed by atoms with Crippen LogP contribution in [0, 0.1) is 6.92 Å². The van der Waals surface area contributed by atoms with Crippen molar-refractivity contribution in [2.45, 2.75) is 37.9 Å². The van der Waals surface area contributed by atoms with Crippen LogP contribution in [0.5, 0.6) is 5.75 Å². The van der Waals surface area contributed by atoms with Gasteiger partial charge in [-0.2, -0.15) is 0 Å². The second kappa shape index (κ2) is 5.07. The summed E-state index contributed by atoms with van der Waals surface area (Å²) in [4.78, 5) is 0. The van der Waals surface area contributed by atoms with E-state index in [0.717, 1.165) is 17.7 Å². The van der Waals surface area contributed by atoms with E-state index in [1.54, 1.807) is 0 Å². The van der Waals surface area contributed by atoms with Gasteiger partial charge in [0.1, 0.15) is 18.0 Å². The summed E-state index contributed by atoms with van der Waals surface area (Å²) in [6.07, 6.45) is 0.996. The van der Waals surface area contributed by atoms with Gasteiger partial charge in [-0.3, -0.25) is 0 Å². The number of rotatable bonds is 4. The van der Waals surface area contributed by atoms with Crippen LogP contribution in [0.2, 0.25) is 0 Å². The number of benzene rings is 1. The fraction of sp³-hybridized carbons (Fsp3) is 0.538. The largest absolute Gasteiger partial charge is 0.487 e. The normalized spacial score (nSPS) is 28.6. The van der Waals surface area contributed by atoms with Crippen molar-refractivity contribution in [3.05, 3.63) is 29.8 Å². The van der Waals surface area contributed by atoms with Gasteiger partial charge in [0.25, 0.3) is 0 Å². The van der Waals surface area contributed by atoms with E-state index < -0.39 is 0 Å². The molecular weight excluding hydrogens is 224 g/mol. The van der Waals surface area contributed by atoms with Crippen molar-refractivity contribution in [1.29, 1.82) is 0 Å². The Bertz CT molecular complexity index is 354. The van der Waals surface area contributed by atoms with Crippen LogP contribution in [0.25, 0.3) is 0 Å². The molecule has 3 atom stereocenters. The molecule has 0 amide bonds. The minimum absolute atomic E-state index is 0.0336. The minimum atomic E-state index is 0.0336. The monoisotopic (exact) mass is 240 g/mol. The standard InChI is InChI=1S/C13H17ClO2/c1-3-15-13-10(14)8-12(13)16-11-7-5-4-6-9(11)2/h4-7,10,12-13H,3,8H2,1-2H3. The molecule has 88 valence electrons. The van der Waals surface area contributed by atoms with E-state index in [0.29, 0.717) is 6.61 Å². The maximum atomic E-state index is 6.09. The third-order valence-electron chi connectivity index (χ3n) is 2.91. The molecule has 0 radical (unpaired) electrons. The molecule has 1 aliphatic carbocycles. The second-order valence-corrected chi connectivity index (χ2v) is 4.65. The van der Waals surface area contributed by atoms with Gasteiger partial charge in [-0.25, -0.2) is 0 Å². The molecular formula is C13H17ClO2. The van der Waals surface area contributed by atoms with Gasteiger partial charge in [-0.15, -0.1) is 11.6 Å². The summed E-state index contributed by atoms with van der Waals surface area (Å²) in [7, 11) is 0. The molecule has 0 aliphatic heterocycles. The Hall–Kier alpha value is -0.730. The first-order valence-corrected chi connectivity index (χ1v) is 6.14. The molecule has 0 spiro atoms. The Morgan fingerprint density at radius 2 is 2.12 bits per heavy atom. The van der Waals surface area contributed by atoms with Crippen LogP contribution >= 0.6 is 11.6 Å². The van der Waals surface area contributed by atoms with E-state index >= 15 is 0 Å². The Balaban J connectivity index is 1.98. The highest BCUT2D eigenvalue weighted by Gasteiger charge is 2.42. The van der Waals surface area contributed by atoms with Gasteiger partial charge in [0.05, 0.1) is 5.38 Å². The van der Waals surface area contributed by atoms with Gasteiger partial charge in [0.2, 0.25) is 0 Å². The lowest BCUT2D eigenvalue weighted by atomic mass is 9.91. The first-order chi connectivity index (χ1) is 7.72. The molecule has 16 heavy (non-hydrogen) atoms. The van der Waals surface area contributed by atoms with Gasteiger partial charge < -0.3 is 9.47 Å². The van der Waals surface area contributed by atoms with E-state index in [2.05, 4.69) is 0 Å². The fourth-order valence-corrected chi connectivity index (χ4v) is 2.31. The first kappa shape index (κ1) is 11.7. The quantitative estimate of drug-likeness (QED) is 0.753. The number of halogens is 1. The van der Waals surface area contributed by atoms with E-state index in [9.17, 15) is 0 Å². The van der Waals surface area contributed by atoms with Crippen molar-refractivity contribution in [2.24, 2.45) is 0 Å². The van der Waals surface area contributed by atoms with E-state index in [4.69, 9.17) is 21.1 Å². The van der Waals surface area contributed by atoms with Crippen LogP contribution in [-0.4, -0.2) is 24.2 Å². The number of aryl methyl sites for hydroxylation is 1. The average Bonchev–Trinajstić information content (AvgIpc) is 2.28. The maximum Gasteiger partial charge on any atom is 0.128 e. The van der Waals surface area contributed by atoms with Crippen molar-refractivity contribution in [3.8, 4) is 5.75 Å². The van der Waals surface area contributed by atoms with Crippen molar-refractivity contribution >= 4 is 11.6 Å². The Labute approximate surface area is 102 Å². The molecule has 0 saturated heterocycles. The third-order valence-corrected chi connectivity index (χ3v) is 3.34. The summed E-state index contributed by atoms with van der Waals surface area (Å²) in [6.45, 7) is 4.70. The summed E-state index contributed by atoms with van der Waals surface area (Å²) < 4.78 is 11.5. The number of hydrogen-bond donors (Lipinski definition) is 0. The molecule has 1 aromatic rings. The Morgan fingerprint density at radius 1 is 1.38 bits per heavy atom. The van der Waals surface area contributed by atoms with Crippen LogP contribution in [0.3, 0.4) is 0 Å². The molecule has 0 N–H and O–H groups in total. The molecule has 0 bridgehead atoms. The molecule has 1 aromatic carbocycles. The van der Waals surface area contributed by atoms with Gasteiger partial charge in [-0.1, -0.05) is 18.2 Å². The zero-order valence-electron chi connectivity index (χ0n) is 9.65. The molecule has 3 heteroatoms. The van der Waals surface area contributed by atoms with Crippen LogP contribution in [-0.2, 0) is 4.74 Å². The van der Waals surface area contributed by atoms with Gasteiger partial charge in [-0.05, 0) is 25.5 Å². The molecule has 1 aliphatic rings. The Morgan fingerprint density at radius 3 is 2.75 bits per heavy atom. The number of para-hydroxylation sites is 1. The SMILES string of the molecule is CCOC1C(Cl)CC1Oc1ccccc1C. The zero-order valence-corrected chi connectivity index (χ0v) is 10.4. The summed E-state index contributed by atoms with van der Waals surface area (Å²) in [5.41, 5.74) is 1.15. The van der Waals surface area contributed by atoms with Gasteiger partial charge in [0, 0.05) is 13.0 Å². The highest BCUT2D eigenvalue weighted by atomic mass is 35.5. The lowest BCUT2D eigenvalue weighted by molar-refractivity contribution is -0.0761.